The van der Waals surface area contributed by atoms with Crippen LogP contribution in [0.2, 0.25) is 0 Å². The van der Waals surface area contributed by atoms with E-state index >= 15 is 0 Å². The summed E-state index contributed by atoms with van der Waals surface area (Å²) in [6.45, 7) is 2.39. The molecule has 7 nitrogen and oxygen atoms in total. The quantitative estimate of drug-likeness (QED) is 0.266. The van der Waals surface area contributed by atoms with Gasteiger partial charge in [-0.05, 0) is 19.1 Å². The van der Waals surface area contributed by atoms with Gasteiger partial charge in [-0.25, -0.2) is 15.0 Å². The van der Waals surface area contributed by atoms with Gasteiger partial charge in [0.05, 0.1) is 17.5 Å². The number of thiazole rings is 2. The number of hydrogen-bond acceptors (Lipinski definition) is 7. The molecule has 0 aromatic carbocycles. The minimum Gasteiger partial charge on any atom is -0.332 e. The van der Waals surface area contributed by atoms with Gasteiger partial charge in [0.1, 0.15) is 10.0 Å². The summed E-state index contributed by atoms with van der Waals surface area (Å²) < 4.78 is 3.12. The summed E-state index contributed by atoms with van der Waals surface area (Å²) in [5, 5.41) is 9.45. The number of pyridine rings is 1. The highest BCUT2D eigenvalue weighted by Crippen LogP contribution is 2.30. The highest BCUT2D eigenvalue weighted by atomic mass is 32.1. The van der Waals surface area contributed by atoms with E-state index in [2.05, 4.69) is 19.6 Å². The molecule has 28 heavy (non-hydrogen) atoms. The van der Waals surface area contributed by atoms with Crippen LogP contribution in [0.4, 0.5) is 0 Å². The Labute approximate surface area is 170 Å². The van der Waals surface area contributed by atoms with Crippen molar-refractivity contribution >= 4 is 45.6 Å². The fraction of sp³-hybridized carbons (Fsp3) is 0.211. The number of amides is 1. The van der Waals surface area contributed by atoms with Crippen molar-refractivity contribution in [3.05, 3.63) is 62.9 Å². The summed E-state index contributed by atoms with van der Waals surface area (Å²) in [6, 6.07) is 5.89. The maximum absolute atomic E-state index is 11.4. The monoisotopic (exact) mass is 410 g/mol. The molecule has 0 aliphatic carbocycles. The fourth-order valence-electron chi connectivity index (χ4n) is 2.85. The Morgan fingerprint density at radius 1 is 1.25 bits per heavy atom. The average Bonchev–Trinajstić information content (AvgIpc) is 3.41. The Hall–Kier alpha value is -2.91. The van der Waals surface area contributed by atoms with Gasteiger partial charge in [0.25, 0.3) is 0 Å². The first-order valence-electron chi connectivity index (χ1n) is 8.64. The predicted octanol–water partition coefficient (Wildman–Crippen LogP) is 3.38. The fourth-order valence-corrected chi connectivity index (χ4v) is 4.63. The average molecular weight is 411 g/mol. The van der Waals surface area contributed by atoms with Gasteiger partial charge >= 0.3 is 0 Å². The molecule has 0 fully saturated rings. The molecule has 0 saturated heterocycles. The van der Waals surface area contributed by atoms with Gasteiger partial charge in [-0.3, -0.25) is 9.78 Å². The van der Waals surface area contributed by atoms with Crippen LogP contribution in [0.3, 0.4) is 0 Å². The van der Waals surface area contributed by atoms with Crippen LogP contribution in [0, 0.1) is 6.92 Å². The van der Waals surface area contributed by atoms with Crippen molar-refractivity contribution in [2.24, 2.45) is 12.1 Å². The van der Waals surface area contributed by atoms with Crippen molar-refractivity contribution < 1.29 is 4.79 Å². The number of rotatable bonds is 7. The Bertz CT molecular complexity index is 1110. The summed E-state index contributed by atoms with van der Waals surface area (Å²) in [5.74, 6) is 0. The lowest BCUT2D eigenvalue weighted by Crippen LogP contribution is -2.14. The Morgan fingerprint density at radius 2 is 2.14 bits per heavy atom. The number of carbonyl (C=O) groups is 1. The zero-order valence-corrected chi connectivity index (χ0v) is 17.1. The Balaban J connectivity index is 1.62. The molecule has 0 aliphatic rings. The summed E-state index contributed by atoms with van der Waals surface area (Å²) in [6.07, 6.45) is 6.66. The van der Waals surface area contributed by atoms with Crippen molar-refractivity contribution in [1.82, 2.24) is 24.5 Å². The number of hydrogen-bond donors (Lipinski definition) is 0. The molecule has 0 unspecified atom stereocenters. The number of carbonyl (C=O) groups excluding carboxylic acids is 1. The molecule has 0 aliphatic heterocycles. The molecule has 0 atom stereocenters. The molecule has 0 radical (unpaired) electrons. The summed E-state index contributed by atoms with van der Waals surface area (Å²) >= 11 is 3.14. The largest absolute Gasteiger partial charge is 0.332 e. The van der Waals surface area contributed by atoms with Gasteiger partial charge in [0.15, 0.2) is 5.65 Å². The molecule has 4 aromatic rings. The van der Waals surface area contributed by atoms with E-state index in [1.807, 2.05) is 37.6 Å². The SMILES string of the molecule is Cc1c(/C=N\N(C=O)Cc2nccs2)c2sc(Cc3ccccn3)nc2n1C. The van der Waals surface area contributed by atoms with E-state index < -0.39 is 0 Å². The number of aromatic nitrogens is 4. The van der Waals surface area contributed by atoms with Crippen LogP contribution in [-0.2, 0) is 24.8 Å². The van der Waals surface area contributed by atoms with Crippen molar-refractivity contribution in [1.29, 1.82) is 0 Å². The van der Waals surface area contributed by atoms with Gasteiger partial charge < -0.3 is 4.57 Å². The second-order valence-electron chi connectivity index (χ2n) is 6.19. The lowest BCUT2D eigenvalue weighted by Gasteiger charge is -2.08. The van der Waals surface area contributed by atoms with Crippen molar-refractivity contribution in [2.75, 3.05) is 0 Å². The number of fused-ring (bicyclic) bond motifs is 1. The molecule has 9 heteroatoms. The van der Waals surface area contributed by atoms with Crippen LogP contribution in [0.15, 0.2) is 41.1 Å². The smallest absolute Gasteiger partial charge is 0.230 e. The minimum absolute atomic E-state index is 0.361. The first-order chi connectivity index (χ1) is 13.7. The van der Waals surface area contributed by atoms with Gasteiger partial charge in [-0.2, -0.15) is 5.10 Å². The first-order valence-corrected chi connectivity index (χ1v) is 10.3. The lowest BCUT2D eigenvalue weighted by molar-refractivity contribution is -0.118. The van der Waals surface area contributed by atoms with Crippen LogP contribution in [0.5, 0.6) is 0 Å². The molecule has 4 rings (SSSR count). The van der Waals surface area contributed by atoms with E-state index in [1.54, 1.807) is 29.9 Å². The molecule has 142 valence electrons. The second kappa shape index (κ2) is 7.99. The first kappa shape index (κ1) is 18.5. The second-order valence-corrected chi connectivity index (χ2v) is 8.25. The minimum atomic E-state index is 0.361. The van der Waals surface area contributed by atoms with E-state index in [4.69, 9.17) is 4.98 Å². The number of nitrogens with zero attached hydrogens (tertiary/aromatic N) is 6. The third-order valence-electron chi connectivity index (χ3n) is 4.40. The van der Waals surface area contributed by atoms with Crippen molar-refractivity contribution in [3.63, 3.8) is 0 Å². The Morgan fingerprint density at radius 3 is 2.86 bits per heavy atom. The van der Waals surface area contributed by atoms with Crippen LogP contribution in [0.1, 0.15) is 27.0 Å². The van der Waals surface area contributed by atoms with Gasteiger partial charge in [0, 0.05) is 48.2 Å². The molecule has 0 N–H and O–H groups in total. The standard InChI is InChI=1S/C19H18N6OS2/c1-13-15(10-22-25(12-26)11-17-21-7-8-27-17)18-19(24(13)2)23-16(28-18)9-14-5-3-4-6-20-14/h3-8,10,12H,9,11H2,1-2H3/b22-10-. The molecule has 0 bridgehead atoms. The highest BCUT2D eigenvalue weighted by Gasteiger charge is 2.16. The molecule has 4 aromatic heterocycles. The molecule has 0 saturated carbocycles. The van der Waals surface area contributed by atoms with Gasteiger partial charge in [-0.1, -0.05) is 6.07 Å². The summed E-state index contributed by atoms with van der Waals surface area (Å²) in [7, 11) is 1.99. The third kappa shape index (κ3) is 3.71. The molecule has 1 amide bonds. The predicted molar refractivity (Wildman–Crippen MR) is 112 cm³/mol. The summed E-state index contributed by atoms with van der Waals surface area (Å²) in [5.41, 5.74) is 3.95. The van der Waals surface area contributed by atoms with Crippen LogP contribution in [-0.4, -0.2) is 37.2 Å². The van der Waals surface area contributed by atoms with Crippen molar-refractivity contribution in [2.45, 2.75) is 19.9 Å². The lowest BCUT2D eigenvalue weighted by atomic mass is 10.3. The zero-order chi connectivity index (χ0) is 19.5. The zero-order valence-electron chi connectivity index (χ0n) is 15.4. The van der Waals surface area contributed by atoms with Crippen molar-refractivity contribution in [3.8, 4) is 0 Å². The van der Waals surface area contributed by atoms with E-state index in [-0.39, 0.29) is 0 Å². The highest BCUT2D eigenvalue weighted by molar-refractivity contribution is 7.19. The number of hydrazone groups is 1. The van der Waals surface area contributed by atoms with Gasteiger partial charge in [-0.15, -0.1) is 22.7 Å². The normalized spacial score (nSPS) is 11.5. The third-order valence-corrected chi connectivity index (χ3v) is 6.25. The van der Waals surface area contributed by atoms with Crippen LogP contribution >= 0.6 is 22.7 Å². The number of aryl methyl sites for hydroxylation is 1. The van der Waals surface area contributed by atoms with E-state index in [0.717, 1.165) is 37.3 Å². The van der Waals surface area contributed by atoms with E-state index in [9.17, 15) is 4.79 Å². The molecular weight excluding hydrogens is 392 g/mol. The van der Waals surface area contributed by atoms with Gasteiger partial charge in [0.2, 0.25) is 6.41 Å². The molecular formula is C19H18N6OS2. The summed E-state index contributed by atoms with van der Waals surface area (Å²) in [4.78, 5) is 24.7. The Kier molecular flexibility index (Phi) is 5.27. The van der Waals surface area contributed by atoms with Crippen LogP contribution < -0.4 is 0 Å². The van der Waals surface area contributed by atoms with Crippen LogP contribution in [0.25, 0.3) is 10.3 Å². The topological polar surface area (TPSA) is 76.3 Å². The maximum Gasteiger partial charge on any atom is 0.230 e. The molecule has 0 spiro atoms. The van der Waals surface area contributed by atoms with E-state index in [0.29, 0.717) is 19.4 Å². The maximum atomic E-state index is 11.4. The van der Waals surface area contributed by atoms with E-state index in [1.165, 1.54) is 16.3 Å². The molecule has 4 heterocycles.